The number of rotatable bonds is 5. The normalized spacial score (nSPS) is 22.2. The number of benzene rings is 1. The summed E-state index contributed by atoms with van der Waals surface area (Å²) >= 11 is 3.57. The molecular weight excluding hydrogens is 328 g/mol. The fourth-order valence-corrected chi connectivity index (χ4v) is 3.53. The molecule has 1 aromatic rings. The highest BCUT2D eigenvalue weighted by atomic mass is 79.9. The zero-order chi connectivity index (χ0) is 15.5. The number of halogens is 1. The van der Waals surface area contributed by atoms with Crippen LogP contribution in [0, 0.1) is 0 Å². The van der Waals surface area contributed by atoms with Gasteiger partial charge < -0.3 is 10.1 Å². The molecule has 0 aromatic heterocycles. The summed E-state index contributed by atoms with van der Waals surface area (Å²) in [6.07, 6.45) is 2.34. The molecule has 1 aliphatic heterocycles. The minimum Gasteiger partial charge on any atom is -0.496 e. The largest absolute Gasteiger partial charge is 0.496 e. The lowest BCUT2D eigenvalue weighted by Crippen LogP contribution is -2.62. The van der Waals surface area contributed by atoms with Gasteiger partial charge in [0.15, 0.2) is 0 Å². The second-order valence-corrected chi connectivity index (χ2v) is 6.99. The van der Waals surface area contributed by atoms with E-state index in [4.69, 9.17) is 4.74 Å². The number of nitrogens with one attached hydrogen (secondary N) is 1. The summed E-state index contributed by atoms with van der Waals surface area (Å²) in [6.45, 7) is 9.95. The zero-order valence-electron chi connectivity index (χ0n) is 13.6. The average Bonchev–Trinajstić information content (AvgIpc) is 2.50. The lowest BCUT2D eigenvalue weighted by atomic mass is 9.88. The molecule has 4 heteroatoms. The van der Waals surface area contributed by atoms with Crippen molar-refractivity contribution in [1.82, 2.24) is 10.2 Å². The van der Waals surface area contributed by atoms with Gasteiger partial charge in [-0.05, 0) is 38.0 Å². The van der Waals surface area contributed by atoms with Gasteiger partial charge in [0, 0.05) is 41.3 Å². The minimum atomic E-state index is 0.256. The van der Waals surface area contributed by atoms with Crippen LogP contribution in [0.5, 0.6) is 5.75 Å². The van der Waals surface area contributed by atoms with Crippen LogP contribution in [-0.4, -0.2) is 36.7 Å². The molecule has 1 aromatic carbocycles. The Bertz CT molecular complexity index is 474. The molecule has 1 atom stereocenters. The van der Waals surface area contributed by atoms with E-state index in [1.54, 1.807) is 7.11 Å². The van der Waals surface area contributed by atoms with Gasteiger partial charge in [-0.1, -0.05) is 29.8 Å². The first-order chi connectivity index (χ1) is 10.0. The summed E-state index contributed by atoms with van der Waals surface area (Å²) in [4.78, 5) is 2.58. The number of hydrogen-bond acceptors (Lipinski definition) is 3. The molecule has 0 bridgehead atoms. The molecule has 3 nitrogen and oxygen atoms in total. The number of piperazine rings is 1. The van der Waals surface area contributed by atoms with Crippen LogP contribution in [0.25, 0.3) is 0 Å². The molecule has 0 aliphatic carbocycles. The highest BCUT2D eigenvalue weighted by Gasteiger charge is 2.35. The van der Waals surface area contributed by atoms with Gasteiger partial charge in [-0.25, -0.2) is 0 Å². The second kappa shape index (κ2) is 7.12. The van der Waals surface area contributed by atoms with Crippen LogP contribution < -0.4 is 10.1 Å². The van der Waals surface area contributed by atoms with Crippen LogP contribution in [0.2, 0.25) is 0 Å². The van der Waals surface area contributed by atoms with Gasteiger partial charge in [-0.2, -0.15) is 0 Å². The fraction of sp³-hybridized carbons (Fsp3) is 0.647. The molecule has 0 spiro atoms. The maximum Gasteiger partial charge on any atom is 0.123 e. The zero-order valence-corrected chi connectivity index (χ0v) is 15.2. The molecule has 1 fully saturated rings. The van der Waals surface area contributed by atoms with Crippen molar-refractivity contribution in [3.63, 3.8) is 0 Å². The van der Waals surface area contributed by atoms with Crippen molar-refractivity contribution in [1.29, 1.82) is 0 Å². The monoisotopic (exact) mass is 354 g/mol. The second-order valence-electron chi connectivity index (χ2n) is 6.08. The maximum absolute atomic E-state index is 5.52. The Morgan fingerprint density at radius 2 is 2.10 bits per heavy atom. The van der Waals surface area contributed by atoms with Gasteiger partial charge in [0.25, 0.3) is 0 Å². The van der Waals surface area contributed by atoms with Crippen LogP contribution in [0.1, 0.15) is 39.2 Å². The van der Waals surface area contributed by atoms with E-state index in [-0.39, 0.29) is 5.54 Å². The van der Waals surface area contributed by atoms with Crippen molar-refractivity contribution in [2.75, 3.05) is 20.2 Å². The van der Waals surface area contributed by atoms with Gasteiger partial charge in [0.2, 0.25) is 0 Å². The number of hydrogen-bond donors (Lipinski definition) is 1. The van der Waals surface area contributed by atoms with Crippen molar-refractivity contribution >= 4 is 15.9 Å². The van der Waals surface area contributed by atoms with Crippen LogP contribution in [0.4, 0.5) is 0 Å². The molecule has 118 valence electrons. The Labute approximate surface area is 137 Å². The highest BCUT2D eigenvalue weighted by Crippen LogP contribution is 2.28. The Kier molecular flexibility index (Phi) is 5.69. The van der Waals surface area contributed by atoms with Gasteiger partial charge in [-0.3, -0.25) is 4.90 Å². The van der Waals surface area contributed by atoms with Gasteiger partial charge >= 0.3 is 0 Å². The van der Waals surface area contributed by atoms with E-state index in [1.165, 1.54) is 18.4 Å². The van der Waals surface area contributed by atoms with Crippen molar-refractivity contribution in [3.05, 3.63) is 28.2 Å². The van der Waals surface area contributed by atoms with Crippen molar-refractivity contribution in [3.8, 4) is 5.75 Å². The molecular formula is C17H27BrN2O. The topological polar surface area (TPSA) is 24.5 Å². The van der Waals surface area contributed by atoms with Crippen LogP contribution >= 0.6 is 15.9 Å². The summed E-state index contributed by atoms with van der Waals surface area (Å²) in [7, 11) is 1.75. The fourth-order valence-electron chi connectivity index (χ4n) is 3.12. The first-order valence-corrected chi connectivity index (χ1v) is 8.64. The summed E-state index contributed by atoms with van der Waals surface area (Å²) in [5, 5.41) is 3.76. The van der Waals surface area contributed by atoms with E-state index in [2.05, 4.69) is 53.0 Å². The molecule has 21 heavy (non-hydrogen) atoms. The SMILES string of the molecule is CCC1(CC)CN(Cc2cc(Br)ccc2OC)C(C)CN1. The summed E-state index contributed by atoms with van der Waals surface area (Å²) in [5.41, 5.74) is 1.51. The molecule has 1 unspecified atom stereocenters. The molecule has 1 N–H and O–H groups in total. The average molecular weight is 355 g/mol. The standard InChI is InChI=1S/C17H27BrN2O/c1-5-17(6-2)12-20(13(3)10-19-17)11-14-9-15(18)7-8-16(14)21-4/h7-9,13,19H,5-6,10-12H2,1-4H3. The van der Waals surface area contributed by atoms with Crippen LogP contribution in [-0.2, 0) is 6.54 Å². The number of nitrogens with zero attached hydrogens (tertiary/aromatic N) is 1. The Morgan fingerprint density at radius 1 is 1.38 bits per heavy atom. The molecule has 0 amide bonds. The quantitative estimate of drug-likeness (QED) is 0.869. The maximum atomic E-state index is 5.52. The summed E-state index contributed by atoms with van der Waals surface area (Å²) in [6, 6.07) is 6.79. The van der Waals surface area contributed by atoms with E-state index >= 15 is 0 Å². The smallest absolute Gasteiger partial charge is 0.123 e. The van der Waals surface area contributed by atoms with Gasteiger partial charge in [-0.15, -0.1) is 0 Å². The Hall–Kier alpha value is -0.580. The first-order valence-electron chi connectivity index (χ1n) is 7.85. The van der Waals surface area contributed by atoms with E-state index < -0.39 is 0 Å². The molecule has 1 saturated heterocycles. The first kappa shape index (κ1) is 16.8. The van der Waals surface area contributed by atoms with E-state index in [0.29, 0.717) is 6.04 Å². The van der Waals surface area contributed by atoms with E-state index in [9.17, 15) is 0 Å². The Morgan fingerprint density at radius 3 is 2.71 bits per heavy atom. The number of methoxy groups -OCH3 is 1. The molecule has 0 radical (unpaired) electrons. The summed E-state index contributed by atoms with van der Waals surface area (Å²) < 4.78 is 6.63. The summed E-state index contributed by atoms with van der Waals surface area (Å²) in [5.74, 6) is 0.975. The van der Waals surface area contributed by atoms with Gasteiger partial charge in [0.05, 0.1) is 7.11 Å². The number of ether oxygens (including phenoxy) is 1. The van der Waals surface area contributed by atoms with Crippen LogP contribution in [0.3, 0.4) is 0 Å². The van der Waals surface area contributed by atoms with Crippen molar-refractivity contribution in [2.45, 2.75) is 51.7 Å². The third-order valence-electron chi connectivity index (χ3n) is 4.87. The molecule has 1 aliphatic rings. The van der Waals surface area contributed by atoms with Gasteiger partial charge in [0.1, 0.15) is 5.75 Å². The lowest BCUT2D eigenvalue weighted by Gasteiger charge is -2.46. The van der Waals surface area contributed by atoms with Crippen LogP contribution in [0.15, 0.2) is 22.7 Å². The van der Waals surface area contributed by atoms with Crippen molar-refractivity contribution in [2.24, 2.45) is 0 Å². The molecule has 1 heterocycles. The Balaban J connectivity index is 2.19. The third-order valence-corrected chi connectivity index (χ3v) is 5.36. The van der Waals surface area contributed by atoms with E-state index in [0.717, 1.165) is 29.9 Å². The lowest BCUT2D eigenvalue weighted by molar-refractivity contribution is 0.0739. The van der Waals surface area contributed by atoms with Crippen molar-refractivity contribution < 1.29 is 4.74 Å². The predicted molar refractivity (Wildman–Crippen MR) is 91.9 cm³/mol. The predicted octanol–water partition coefficient (Wildman–Crippen LogP) is 3.81. The molecule has 2 rings (SSSR count). The molecule has 0 saturated carbocycles. The minimum absolute atomic E-state index is 0.256. The van der Waals surface area contributed by atoms with E-state index in [1.807, 2.05) is 12.1 Å². The highest BCUT2D eigenvalue weighted by molar-refractivity contribution is 9.10. The third kappa shape index (κ3) is 3.79.